The molecule has 4 heteroatoms. The summed E-state index contributed by atoms with van der Waals surface area (Å²) in [6, 6.07) is 0. The van der Waals surface area contributed by atoms with E-state index in [4.69, 9.17) is 0 Å². The van der Waals surface area contributed by atoms with Gasteiger partial charge in [-0.3, -0.25) is 9.69 Å². The first-order valence-corrected chi connectivity index (χ1v) is 7.85. The standard InChI is InChI=1S/C15H28N2O2/c1-2-8-16-11-6-15(7-12-16,13-14(18)19)17-9-4-3-5-10-17/h2-13H2,1H3,(H,18,19). The topological polar surface area (TPSA) is 43.8 Å². The van der Waals surface area contributed by atoms with Gasteiger partial charge in [0, 0.05) is 5.54 Å². The molecule has 0 unspecified atom stereocenters. The molecule has 0 amide bonds. The Balaban J connectivity index is 2.01. The molecule has 0 radical (unpaired) electrons. The molecule has 19 heavy (non-hydrogen) atoms. The highest BCUT2D eigenvalue weighted by atomic mass is 16.4. The van der Waals surface area contributed by atoms with Crippen LogP contribution in [0, 0.1) is 0 Å². The number of carbonyl (C=O) groups is 1. The number of nitrogens with zero attached hydrogens (tertiary/aromatic N) is 2. The smallest absolute Gasteiger partial charge is 0.305 e. The zero-order valence-electron chi connectivity index (χ0n) is 12.2. The zero-order valence-corrected chi connectivity index (χ0v) is 12.2. The van der Waals surface area contributed by atoms with Crippen molar-refractivity contribution in [1.82, 2.24) is 9.80 Å². The minimum atomic E-state index is -0.630. The molecule has 2 heterocycles. The maximum absolute atomic E-state index is 11.3. The van der Waals surface area contributed by atoms with E-state index < -0.39 is 5.97 Å². The lowest BCUT2D eigenvalue weighted by Crippen LogP contribution is -2.57. The fourth-order valence-electron chi connectivity index (χ4n) is 3.76. The molecule has 1 N–H and O–H groups in total. The van der Waals surface area contributed by atoms with Gasteiger partial charge in [0.1, 0.15) is 0 Å². The molecule has 0 bridgehead atoms. The van der Waals surface area contributed by atoms with Crippen molar-refractivity contribution in [3.8, 4) is 0 Å². The van der Waals surface area contributed by atoms with E-state index in [1.165, 1.54) is 25.7 Å². The van der Waals surface area contributed by atoms with Crippen molar-refractivity contribution in [2.45, 2.75) is 57.4 Å². The summed E-state index contributed by atoms with van der Waals surface area (Å²) in [5.74, 6) is -0.630. The van der Waals surface area contributed by atoms with Crippen LogP contribution in [0.4, 0.5) is 0 Å². The minimum absolute atomic E-state index is 0.0590. The quantitative estimate of drug-likeness (QED) is 0.830. The van der Waals surface area contributed by atoms with Gasteiger partial charge < -0.3 is 10.0 Å². The van der Waals surface area contributed by atoms with Crippen LogP contribution >= 0.6 is 0 Å². The molecular formula is C15H28N2O2. The van der Waals surface area contributed by atoms with Crippen LogP contribution in [-0.4, -0.2) is 59.1 Å². The highest BCUT2D eigenvalue weighted by Crippen LogP contribution is 2.34. The fraction of sp³-hybridized carbons (Fsp3) is 0.933. The highest BCUT2D eigenvalue weighted by Gasteiger charge is 2.41. The molecule has 0 aromatic heterocycles. The molecule has 0 saturated carbocycles. The number of hydrogen-bond acceptors (Lipinski definition) is 3. The summed E-state index contributed by atoms with van der Waals surface area (Å²) in [7, 11) is 0. The molecule has 2 aliphatic rings. The molecule has 2 rings (SSSR count). The predicted molar refractivity (Wildman–Crippen MR) is 76.4 cm³/mol. The Labute approximate surface area is 116 Å². The van der Waals surface area contributed by atoms with E-state index in [0.29, 0.717) is 6.42 Å². The van der Waals surface area contributed by atoms with E-state index in [0.717, 1.165) is 45.6 Å². The Kier molecular flexibility index (Phi) is 5.22. The third-order valence-corrected chi connectivity index (χ3v) is 4.83. The van der Waals surface area contributed by atoms with Gasteiger partial charge >= 0.3 is 5.97 Å². The molecule has 0 spiro atoms. The summed E-state index contributed by atoms with van der Waals surface area (Å²) in [6.07, 6.45) is 7.35. The van der Waals surface area contributed by atoms with Crippen molar-refractivity contribution in [1.29, 1.82) is 0 Å². The number of hydrogen-bond donors (Lipinski definition) is 1. The summed E-state index contributed by atoms with van der Waals surface area (Å²) in [4.78, 5) is 16.3. The second kappa shape index (κ2) is 6.71. The van der Waals surface area contributed by atoms with E-state index >= 15 is 0 Å². The number of likely N-dealkylation sites (tertiary alicyclic amines) is 2. The summed E-state index contributed by atoms with van der Waals surface area (Å²) in [6.45, 7) is 7.70. The van der Waals surface area contributed by atoms with Gasteiger partial charge in [-0.05, 0) is 64.8 Å². The molecule has 0 aromatic carbocycles. The number of carboxylic acids is 1. The third kappa shape index (κ3) is 3.69. The van der Waals surface area contributed by atoms with Crippen LogP contribution in [0.15, 0.2) is 0 Å². The van der Waals surface area contributed by atoms with Crippen molar-refractivity contribution in [2.24, 2.45) is 0 Å². The largest absolute Gasteiger partial charge is 0.481 e. The number of piperidine rings is 2. The molecule has 2 saturated heterocycles. The SMILES string of the molecule is CCCN1CCC(CC(=O)O)(N2CCCCC2)CC1. The Morgan fingerprint density at radius 2 is 1.74 bits per heavy atom. The lowest BCUT2D eigenvalue weighted by Gasteiger charge is -2.49. The van der Waals surface area contributed by atoms with Gasteiger partial charge in [0.05, 0.1) is 6.42 Å². The molecule has 0 aromatic rings. The highest BCUT2D eigenvalue weighted by molar-refractivity contribution is 5.68. The van der Waals surface area contributed by atoms with Gasteiger partial charge in [-0.1, -0.05) is 13.3 Å². The van der Waals surface area contributed by atoms with E-state index in [9.17, 15) is 9.90 Å². The number of rotatable bonds is 5. The predicted octanol–water partition coefficient (Wildman–Crippen LogP) is 2.19. The normalized spacial score (nSPS) is 25.3. The van der Waals surface area contributed by atoms with Crippen LogP contribution in [0.5, 0.6) is 0 Å². The van der Waals surface area contributed by atoms with Crippen molar-refractivity contribution in [2.75, 3.05) is 32.7 Å². The molecule has 110 valence electrons. The van der Waals surface area contributed by atoms with Gasteiger partial charge in [0.2, 0.25) is 0 Å². The first-order chi connectivity index (χ1) is 9.16. The van der Waals surface area contributed by atoms with E-state index in [2.05, 4.69) is 16.7 Å². The van der Waals surface area contributed by atoms with Crippen molar-refractivity contribution in [3.63, 3.8) is 0 Å². The molecule has 2 aliphatic heterocycles. The van der Waals surface area contributed by atoms with E-state index in [1.54, 1.807) is 0 Å². The van der Waals surface area contributed by atoms with E-state index in [1.807, 2.05) is 0 Å². The molecule has 0 aliphatic carbocycles. The number of carboxylic acid groups (broad SMARTS) is 1. The van der Waals surface area contributed by atoms with Gasteiger partial charge in [-0.2, -0.15) is 0 Å². The van der Waals surface area contributed by atoms with Gasteiger partial charge in [0.15, 0.2) is 0 Å². The lowest BCUT2D eigenvalue weighted by molar-refractivity contribution is -0.142. The Morgan fingerprint density at radius 3 is 2.26 bits per heavy atom. The Bertz CT molecular complexity index is 293. The van der Waals surface area contributed by atoms with Gasteiger partial charge in [-0.15, -0.1) is 0 Å². The van der Waals surface area contributed by atoms with Gasteiger partial charge in [0.25, 0.3) is 0 Å². The molecule has 2 fully saturated rings. The van der Waals surface area contributed by atoms with Crippen LogP contribution < -0.4 is 0 Å². The summed E-state index contributed by atoms with van der Waals surface area (Å²) < 4.78 is 0. The zero-order chi connectivity index (χ0) is 13.7. The minimum Gasteiger partial charge on any atom is -0.481 e. The second-order valence-corrected chi connectivity index (χ2v) is 6.18. The average Bonchev–Trinajstić information content (AvgIpc) is 2.42. The van der Waals surface area contributed by atoms with Crippen LogP contribution in [-0.2, 0) is 4.79 Å². The number of aliphatic carboxylic acids is 1. The Hall–Kier alpha value is -0.610. The Morgan fingerprint density at radius 1 is 1.11 bits per heavy atom. The summed E-state index contributed by atoms with van der Waals surface area (Å²) in [5, 5.41) is 9.29. The maximum atomic E-state index is 11.3. The maximum Gasteiger partial charge on any atom is 0.305 e. The fourth-order valence-corrected chi connectivity index (χ4v) is 3.76. The van der Waals surface area contributed by atoms with Crippen molar-refractivity contribution < 1.29 is 9.90 Å². The van der Waals surface area contributed by atoms with Crippen LogP contribution in [0.1, 0.15) is 51.9 Å². The average molecular weight is 268 g/mol. The van der Waals surface area contributed by atoms with Crippen molar-refractivity contribution in [3.05, 3.63) is 0 Å². The second-order valence-electron chi connectivity index (χ2n) is 6.18. The monoisotopic (exact) mass is 268 g/mol. The lowest BCUT2D eigenvalue weighted by atomic mass is 9.81. The van der Waals surface area contributed by atoms with Crippen LogP contribution in [0.3, 0.4) is 0 Å². The van der Waals surface area contributed by atoms with Crippen molar-refractivity contribution >= 4 is 5.97 Å². The molecular weight excluding hydrogens is 240 g/mol. The molecule has 0 atom stereocenters. The van der Waals surface area contributed by atoms with Crippen LogP contribution in [0.25, 0.3) is 0 Å². The summed E-state index contributed by atoms with van der Waals surface area (Å²) in [5.41, 5.74) is -0.0590. The third-order valence-electron chi connectivity index (χ3n) is 4.83. The van der Waals surface area contributed by atoms with Gasteiger partial charge in [-0.25, -0.2) is 0 Å². The molecule has 4 nitrogen and oxygen atoms in total. The first kappa shape index (κ1) is 14.8. The van der Waals surface area contributed by atoms with E-state index in [-0.39, 0.29) is 5.54 Å². The van der Waals surface area contributed by atoms with Crippen LogP contribution in [0.2, 0.25) is 0 Å². The summed E-state index contributed by atoms with van der Waals surface area (Å²) >= 11 is 0. The first-order valence-electron chi connectivity index (χ1n) is 7.85.